The maximum absolute atomic E-state index is 13.4. The van der Waals surface area contributed by atoms with Crippen LogP contribution in [0.2, 0.25) is 0 Å². The zero-order valence-electron chi connectivity index (χ0n) is 12.4. The summed E-state index contributed by atoms with van der Waals surface area (Å²) in [6.45, 7) is 6.34. The van der Waals surface area contributed by atoms with Gasteiger partial charge in [-0.2, -0.15) is 0 Å². The molecule has 4 nitrogen and oxygen atoms in total. The van der Waals surface area contributed by atoms with Gasteiger partial charge in [0.25, 0.3) is 5.91 Å². The molecule has 2 aliphatic rings. The fourth-order valence-corrected chi connectivity index (χ4v) is 3.28. The van der Waals surface area contributed by atoms with Crippen LogP contribution in [-0.4, -0.2) is 48.7 Å². The van der Waals surface area contributed by atoms with E-state index in [2.05, 4.69) is 17.1 Å². The van der Waals surface area contributed by atoms with E-state index in [4.69, 9.17) is 4.74 Å². The molecular weight excluding hydrogens is 271 g/mol. The van der Waals surface area contributed by atoms with Gasteiger partial charge in [-0.25, -0.2) is 4.39 Å². The van der Waals surface area contributed by atoms with Crippen molar-refractivity contribution in [1.82, 2.24) is 10.2 Å². The van der Waals surface area contributed by atoms with Crippen LogP contribution in [0.15, 0.2) is 18.2 Å². The summed E-state index contributed by atoms with van der Waals surface area (Å²) in [5.74, 6) is -0.567. The maximum atomic E-state index is 13.4. The molecule has 0 spiro atoms. The first-order valence-electron chi connectivity index (χ1n) is 7.45. The summed E-state index contributed by atoms with van der Waals surface area (Å²) in [5.41, 5.74) is 1.15. The summed E-state index contributed by atoms with van der Waals surface area (Å²) < 4.78 is 19.0. The smallest absolute Gasteiger partial charge is 0.251 e. The average Bonchev–Trinajstić information content (AvgIpc) is 2.78. The fraction of sp³-hybridized carbons (Fsp3) is 0.562. The number of amides is 1. The molecule has 2 heterocycles. The number of nitrogens with zero attached hydrogens (tertiary/aromatic N) is 1. The number of nitrogens with one attached hydrogen (secondary N) is 1. The Labute approximate surface area is 124 Å². The van der Waals surface area contributed by atoms with Crippen molar-refractivity contribution in [1.29, 1.82) is 0 Å². The third-order valence-corrected chi connectivity index (χ3v) is 4.23. The minimum Gasteiger partial charge on any atom is -0.376 e. The number of carbonyl (C=O) groups excluding carboxylic acids is 1. The highest BCUT2D eigenvalue weighted by molar-refractivity contribution is 5.94. The second kappa shape index (κ2) is 5.73. The van der Waals surface area contributed by atoms with E-state index >= 15 is 0 Å². The van der Waals surface area contributed by atoms with Gasteiger partial charge >= 0.3 is 0 Å². The Morgan fingerprint density at radius 3 is 2.95 bits per heavy atom. The molecule has 21 heavy (non-hydrogen) atoms. The van der Waals surface area contributed by atoms with E-state index in [9.17, 15) is 9.18 Å². The summed E-state index contributed by atoms with van der Waals surface area (Å²) in [4.78, 5) is 14.6. The van der Waals surface area contributed by atoms with Gasteiger partial charge in [0.1, 0.15) is 5.82 Å². The third kappa shape index (κ3) is 3.24. The van der Waals surface area contributed by atoms with Crippen molar-refractivity contribution < 1.29 is 13.9 Å². The lowest BCUT2D eigenvalue weighted by atomic mass is 10.1. The first kappa shape index (κ1) is 14.5. The summed E-state index contributed by atoms with van der Waals surface area (Å²) in [6.07, 6.45) is 1.15. The molecule has 2 fully saturated rings. The number of morpholine rings is 1. The standard InChI is InChI=1S/C16H21FN2O2/c1-10-3-12(5-13(17)4-10)16(20)18-14-6-15-9-21-11(2)7-19(15)8-14/h3-5,11,14-15H,6-9H2,1-2H3,(H,18,20)/t11-,14-,15-/m0/s1. The van der Waals surface area contributed by atoms with Gasteiger partial charge in [-0.15, -0.1) is 0 Å². The number of aryl methyl sites for hydroxylation is 1. The molecule has 0 radical (unpaired) electrons. The summed E-state index contributed by atoms with van der Waals surface area (Å²) in [6, 6.07) is 4.92. The third-order valence-electron chi connectivity index (χ3n) is 4.23. The molecule has 2 aliphatic heterocycles. The number of hydrogen-bond acceptors (Lipinski definition) is 3. The van der Waals surface area contributed by atoms with Crippen LogP contribution in [0, 0.1) is 12.7 Å². The largest absolute Gasteiger partial charge is 0.376 e. The molecule has 1 N–H and O–H groups in total. The lowest BCUT2D eigenvalue weighted by molar-refractivity contribution is -0.0390. The molecule has 5 heteroatoms. The molecule has 1 aromatic rings. The lowest BCUT2D eigenvalue weighted by Crippen LogP contribution is -2.45. The normalized spacial score (nSPS) is 29.2. The number of ether oxygens (including phenoxy) is 1. The summed E-state index contributed by atoms with van der Waals surface area (Å²) >= 11 is 0. The Morgan fingerprint density at radius 2 is 2.19 bits per heavy atom. The highest BCUT2D eigenvalue weighted by atomic mass is 19.1. The van der Waals surface area contributed by atoms with Crippen LogP contribution >= 0.6 is 0 Å². The Morgan fingerprint density at radius 1 is 1.38 bits per heavy atom. The van der Waals surface area contributed by atoms with Crippen LogP contribution in [-0.2, 0) is 4.74 Å². The lowest BCUT2D eigenvalue weighted by Gasteiger charge is -2.33. The van der Waals surface area contributed by atoms with E-state index in [-0.39, 0.29) is 23.9 Å². The topological polar surface area (TPSA) is 41.6 Å². The molecule has 1 amide bonds. The average molecular weight is 292 g/mol. The highest BCUT2D eigenvalue weighted by Gasteiger charge is 2.36. The van der Waals surface area contributed by atoms with Gasteiger partial charge in [0.15, 0.2) is 0 Å². The molecule has 2 saturated heterocycles. The van der Waals surface area contributed by atoms with Crippen LogP contribution in [0.4, 0.5) is 4.39 Å². The predicted octanol–water partition coefficient (Wildman–Crippen LogP) is 1.73. The van der Waals surface area contributed by atoms with Gasteiger partial charge in [-0.05, 0) is 44.0 Å². The van der Waals surface area contributed by atoms with Crippen LogP contribution < -0.4 is 5.32 Å². The SMILES string of the molecule is Cc1cc(F)cc(C(=O)N[C@H]2C[C@H]3CO[C@@H](C)CN3C2)c1. The predicted molar refractivity (Wildman–Crippen MR) is 77.8 cm³/mol. The highest BCUT2D eigenvalue weighted by Crippen LogP contribution is 2.23. The first-order chi connectivity index (χ1) is 10.0. The van der Waals surface area contributed by atoms with E-state index in [1.54, 1.807) is 13.0 Å². The number of halogens is 1. The van der Waals surface area contributed by atoms with Crippen LogP contribution in [0.1, 0.15) is 29.3 Å². The van der Waals surface area contributed by atoms with Crippen molar-refractivity contribution in [2.45, 2.75) is 38.5 Å². The molecular formula is C16H21FN2O2. The first-order valence-corrected chi connectivity index (χ1v) is 7.45. The van der Waals surface area contributed by atoms with Crippen molar-refractivity contribution in [3.8, 4) is 0 Å². The Bertz CT molecular complexity index is 529. The van der Waals surface area contributed by atoms with Crippen molar-refractivity contribution in [3.63, 3.8) is 0 Å². The van der Waals surface area contributed by atoms with Crippen molar-refractivity contribution in [2.24, 2.45) is 0 Å². The quantitative estimate of drug-likeness (QED) is 0.902. The van der Waals surface area contributed by atoms with Crippen LogP contribution in [0.3, 0.4) is 0 Å². The van der Waals surface area contributed by atoms with E-state index in [1.165, 1.54) is 12.1 Å². The number of hydrogen-bond donors (Lipinski definition) is 1. The molecule has 0 aromatic heterocycles. The molecule has 1 aromatic carbocycles. The summed E-state index contributed by atoms with van der Waals surface area (Å²) in [5, 5.41) is 3.02. The zero-order valence-corrected chi connectivity index (χ0v) is 12.4. The zero-order chi connectivity index (χ0) is 15.0. The maximum Gasteiger partial charge on any atom is 0.251 e. The summed E-state index contributed by atoms with van der Waals surface area (Å²) in [7, 11) is 0. The molecule has 0 saturated carbocycles. The number of fused-ring (bicyclic) bond motifs is 1. The van der Waals surface area contributed by atoms with E-state index in [1.807, 2.05) is 0 Å². The molecule has 3 rings (SSSR count). The Kier molecular flexibility index (Phi) is 3.95. The van der Waals surface area contributed by atoms with Crippen molar-refractivity contribution >= 4 is 5.91 Å². The Hall–Kier alpha value is -1.46. The molecule has 3 atom stereocenters. The minimum atomic E-state index is -0.369. The number of carbonyl (C=O) groups is 1. The van der Waals surface area contributed by atoms with Gasteiger partial charge in [-0.1, -0.05) is 0 Å². The van der Waals surface area contributed by atoms with Crippen LogP contribution in [0.25, 0.3) is 0 Å². The van der Waals surface area contributed by atoms with Crippen LogP contribution in [0.5, 0.6) is 0 Å². The Balaban J connectivity index is 1.63. The van der Waals surface area contributed by atoms with E-state index in [0.717, 1.165) is 31.7 Å². The number of rotatable bonds is 2. The van der Waals surface area contributed by atoms with Gasteiger partial charge in [-0.3, -0.25) is 9.69 Å². The van der Waals surface area contributed by atoms with Gasteiger partial charge < -0.3 is 10.1 Å². The monoisotopic (exact) mass is 292 g/mol. The van der Waals surface area contributed by atoms with E-state index in [0.29, 0.717) is 11.6 Å². The minimum absolute atomic E-state index is 0.111. The molecule has 114 valence electrons. The van der Waals surface area contributed by atoms with Crippen molar-refractivity contribution in [2.75, 3.05) is 19.7 Å². The second-order valence-corrected chi connectivity index (χ2v) is 6.18. The number of benzene rings is 1. The fourth-order valence-electron chi connectivity index (χ4n) is 3.28. The molecule has 0 aliphatic carbocycles. The van der Waals surface area contributed by atoms with Crippen molar-refractivity contribution in [3.05, 3.63) is 35.1 Å². The van der Waals surface area contributed by atoms with Gasteiger partial charge in [0.05, 0.1) is 12.7 Å². The second-order valence-electron chi connectivity index (χ2n) is 6.18. The van der Waals surface area contributed by atoms with Gasteiger partial charge in [0.2, 0.25) is 0 Å². The van der Waals surface area contributed by atoms with E-state index < -0.39 is 0 Å². The molecule has 0 bridgehead atoms. The van der Waals surface area contributed by atoms with Gasteiger partial charge in [0, 0.05) is 30.7 Å². The molecule has 0 unspecified atom stereocenters.